The van der Waals surface area contributed by atoms with E-state index in [1.54, 1.807) is 6.20 Å². The number of benzene rings is 1. The van der Waals surface area contributed by atoms with Crippen molar-refractivity contribution in [1.29, 1.82) is 0 Å². The van der Waals surface area contributed by atoms with Crippen LogP contribution in [0.25, 0.3) is 35.1 Å². The molecule has 6 heteroatoms. The minimum atomic E-state index is 0.685. The number of nitrogens with one attached hydrogen (secondary N) is 2. The number of rotatable bonds is 6. The predicted octanol–water partition coefficient (Wildman–Crippen LogP) is 4.20. The Labute approximate surface area is 193 Å². The Morgan fingerprint density at radius 1 is 1.15 bits per heavy atom. The van der Waals surface area contributed by atoms with Crippen molar-refractivity contribution >= 4 is 29.6 Å². The first kappa shape index (κ1) is 22.0. The second kappa shape index (κ2) is 9.12. The van der Waals surface area contributed by atoms with Gasteiger partial charge in [0.2, 0.25) is 0 Å². The smallest absolute Gasteiger partial charge is 0.115 e. The van der Waals surface area contributed by atoms with Gasteiger partial charge < -0.3 is 9.88 Å². The topological polar surface area (TPSA) is 71.4 Å². The van der Waals surface area contributed by atoms with Crippen LogP contribution in [-0.2, 0) is 7.05 Å². The summed E-state index contributed by atoms with van der Waals surface area (Å²) in [5, 5.41) is 12.6. The van der Waals surface area contributed by atoms with Crippen LogP contribution in [0.5, 0.6) is 0 Å². The van der Waals surface area contributed by atoms with Gasteiger partial charge >= 0.3 is 0 Å². The highest BCUT2D eigenvalue weighted by Crippen LogP contribution is 2.29. The van der Waals surface area contributed by atoms with Crippen LogP contribution in [-0.4, -0.2) is 24.7 Å². The molecule has 3 heterocycles. The van der Waals surface area contributed by atoms with E-state index in [1.165, 1.54) is 0 Å². The molecule has 6 nitrogen and oxygen atoms in total. The van der Waals surface area contributed by atoms with Gasteiger partial charge in [-0.1, -0.05) is 37.4 Å². The molecule has 4 aromatic rings. The first-order valence-corrected chi connectivity index (χ1v) is 10.7. The molecular formula is C27H28N6. The zero-order valence-corrected chi connectivity index (χ0v) is 19.5. The maximum atomic E-state index is 4.46. The van der Waals surface area contributed by atoms with Crippen molar-refractivity contribution in [2.75, 3.05) is 5.32 Å². The highest BCUT2D eigenvalue weighted by molar-refractivity contribution is 5.80. The Bertz CT molecular complexity index is 1450. The molecule has 4 rings (SSSR count). The molecule has 0 saturated carbocycles. The number of aryl methyl sites for hydroxylation is 1. The highest BCUT2D eigenvalue weighted by Gasteiger charge is 2.10. The lowest BCUT2D eigenvalue weighted by Gasteiger charge is -2.14. The zero-order valence-electron chi connectivity index (χ0n) is 19.5. The standard InChI is InChI=1S/C27H28N6/c1-17(26-16-29-21(5)33(26)6)12-13-25-19(3)27(32-31-25)20(4)30-24-11-7-10-23(18(24)2)22-9-8-14-28-15-22/h7-16,30-31H,3-4H2,1-2,5-6H3/b17-12+,25-13+. The molecule has 2 N–H and O–H groups in total. The van der Waals surface area contributed by atoms with Crippen LogP contribution >= 0.6 is 0 Å². The molecule has 0 spiro atoms. The summed E-state index contributed by atoms with van der Waals surface area (Å²) >= 11 is 0. The van der Waals surface area contributed by atoms with Crippen LogP contribution < -0.4 is 15.9 Å². The number of aromatic amines is 1. The van der Waals surface area contributed by atoms with Crippen molar-refractivity contribution in [2.24, 2.45) is 7.05 Å². The number of aromatic nitrogens is 5. The van der Waals surface area contributed by atoms with E-state index in [0.717, 1.165) is 50.0 Å². The molecule has 1 aromatic carbocycles. The van der Waals surface area contributed by atoms with E-state index < -0.39 is 0 Å². The Morgan fingerprint density at radius 3 is 2.67 bits per heavy atom. The van der Waals surface area contributed by atoms with Gasteiger partial charge in [0.1, 0.15) is 11.5 Å². The van der Waals surface area contributed by atoms with E-state index in [1.807, 2.05) is 56.7 Å². The van der Waals surface area contributed by atoms with Gasteiger partial charge in [0.05, 0.1) is 22.9 Å². The minimum Gasteiger partial charge on any atom is -0.354 e. The predicted molar refractivity (Wildman–Crippen MR) is 136 cm³/mol. The Morgan fingerprint density at radius 2 is 1.97 bits per heavy atom. The van der Waals surface area contributed by atoms with Gasteiger partial charge in [-0.2, -0.15) is 5.10 Å². The van der Waals surface area contributed by atoms with Crippen LogP contribution in [0, 0.1) is 13.8 Å². The molecule has 0 saturated heterocycles. The fraction of sp³-hybridized carbons (Fsp3) is 0.148. The highest BCUT2D eigenvalue weighted by atomic mass is 15.1. The molecule has 166 valence electrons. The average molecular weight is 437 g/mol. The van der Waals surface area contributed by atoms with Gasteiger partial charge in [-0.15, -0.1) is 0 Å². The molecule has 0 atom stereocenters. The third kappa shape index (κ3) is 4.41. The Kier molecular flexibility index (Phi) is 6.09. The molecule has 0 unspecified atom stereocenters. The zero-order chi connectivity index (χ0) is 23.5. The Hall–Kier alpha value is -4.19. The van der Waals surface area contributed by atoms with Crippen molar-refractivity contribution in [3.8, 4) is 11.1 Å². The first-order chi connectivity index (χ1) is 15.9. The number of hydrogen-bond acceptors (Lipinski definition) is 4. The molecule has 3 aromatic heterocycles. The van der Waals surface area contributed by atoms with Crippen LogP contribution in [0.1, 0.15) is 29.7 Å². The van der Waals surface area contributed by atoms with E-state index >= 15 is 0 Å². The van der Waals surface area contributed by atoms with Gasteiger partial charge in [0.15, 0.2) is 0 Å². The van der Waals surface area contributed by atoms with Crippen molar-refractivity contribution < 1.29 is 0 Å². The normalized spacial score (nSPS) is 12.2. The summed E-state index contributed by atoms with van der Waals surface area (Å²) in [4.78, 5) is 8.60. The minimum absolute atomic E-state index is 0.685. The summed E-state index contributed by atoms with van der Waals surface area (Å²) in [6.07, 6.45) is 9.55. The summed E-state index contributed by atoms with van der Waals surface area (Å²) in [7, 11) is 2.01. The lowest BCUT2D eigenvalue weighted by Crippen LogP contribution is -2.23. The maximum Gasteiger partial charge on any atom is 0.115 e. The summed E-state index contributed by atoms with van der Waals surface area (Å²) in [6, 6.07) is 10.1. The van der Waals surface area contributed by atoms with Crippen LogP contribution in [0.3, 0.4) is 0 Å². The fourth-order valence-electron chi connectivity index (χ4n) is 3.76. The third-order valence-corrected chi connectivity index (χ3v) is 5.90. The summed E-state index contributed by atoms with van der Waals surface area (Å²) < 4.78 is 2.07. The van der Waals surface area contributed by atoms with Crippen molar-refractivity contribution in [2.45, 2.75) is 20.8 Å². The second-order valence-corrected chi connectivity index (χ2v) is 8.05. The fourth-order valence-corrected chi connectivity index (χ4v) is 3.76. The van der Waals surface area contributed by atoms with Crippen molar-refractivity contribution in [3.05, 3.63) is 94.9 Å². The number of anilines is 1. The first-order valence-electron chi connectivity index (χ1n) is 10.7. The number of pyridine rings is 1. The van der Waals surface area contributed by atoms with Gasteiger partial charge in [0, 0.05) is 35.9 Å². The molecular weight excluding hydrogens is 408 g/mol. The molecule has 0 aliphatic rings. The van der Waals surface area contributed by atoms with Gasteiger partial charge in [-0.25, -0.2) is 4.98 Å². The summed E-state index contributed by atoms with van der Waals surface area (Å²) in [5.41, 5.74) is 7.85. The maximum absolute atomic E-state index is 4.46. The van der Waals surface area contributed by atoms with Gasteiger partial charge in [0.25, 0.3) is 0 Å². The molecule has 0 bridgehead atoms. The van der Waals surface area contributed by atoms with E-state index in [2.05, 4.69) is 69.2 Å². The number of allylic oxidation sites excluding steroid dienone is 2. The number of nitrogens with zero attached hydrogens (tertiary/aromatic N) is 4. The number of imidazole rings is 1. The van der Waals surface area contributed by atoms with E-state index in [0.29, 0.717) is 11.4 Å². The monoisotopic (exact) mass is 436 g/mol. The lowest BCUT2D eigenvalue weighted by molar-refractivity contribution is 0.845. The Balaban J connectivity index is 1.59. The molecule has 33 heavy (non-hydrogen) atoms. The molecule has 0 radical (unpaired) electrons. The van der Waals surface area contributed by atoms with Crippen LogP contribution in [0.4, 0.5) is 5.69 Å². The van der Waals surface area contributed by atoms with Crippen molar-refractivity contribution in [3.63, 3.8) is 0 Å². The number of hydrogen-bond donors (Lipinski definition) is 2. The van der Waals surface area contributed by atoms with Gasteiger partial charge in [-0.3, -0.25) is 10.1 Å². The van der Waals surface area contributed by atoms with E-state index in [-0.39, 0.29) is 0 Å². The van der Waals surface area contributed by atoms with E-state index in [4.69, 9.17) is 0 Å². The van der Waals surface area contributed by atoms with Crippen LogP contribution in [0.15, 0.2) is 61.6 Å². The largest absolute Gasteiger partial charge is 0.354 e. The summed E-state index contributed by atoms with van der Waals surface area (Å²) in [5.74, 6) is 0.977. The number of H-pyrrole nitrogens is 1. The molecule has 0 aliphatic heterocycles. The average Bonchev–Trinajstić information content (AvgIpc) is 3.35. The molecule has 0 aliphatic carbocycles. The van der Waals surface area contributed by atoms with Gasteiger partial charge in [-0.05, 0) is 55.7 Å². The summed E-state index contributed by atoms with van der Waals surface area (Å²) in [6.45, 7) is 14.6. The third-order valence-electron chi connectivity index (χ3n) is 5.90. The van der Waals surface area contributed by atoms with E-state index in [9.17, 15) is 0 Å². The second-order valence-electron chi connectivity index (χ2n) is 8.05. The molecule has 0 amide bonds. The quantitative estimate of drug-likeness (QED) is 0.475. The van der Waals surface area contributed by atoms with Crippen LogP contribution in [0.2, 0.25) is 0 Å². The SMILES string of the molecule is C=C(Nc1cccc(-c2cccnc2)c1C)c1n[nH]/c(=C/C=C(\C)c2cnc(C)n2C)c1=C. The van der Waals surface area contributed by atoms with Crippen molar-refractivity contribution in [1.82, 2.24) is 24.7 Å². The molecule has 0 fully saturated rings. The lowest BCUT2D eigenvalue weighted by atomic mass is 10.0.